The molecule has 0 aliphatic carbocycles. The third-order valence-corrected chi connectivity index (χ3v) is 6.26. The summed E-state index contributed by atoms with van der Waals surface area (Å²) in [6.07, 6.45) is 5.95. The van der Waals surface area contributed by atoms with Crippen molar-refractivity contribution in [2.24, 2.45) is 0 Å². The van der Waals surface area contributed by atoms with Crippen LogP contribution in [0.2, 0.25) is 0 Å². The van der Waals surface area contributed by atoms with Gasteiger partial charge in [0.1, 0.15) is 5.65 Å². The molecular formula is C22H22N4S. The second-order valence-corrected chi connectivity index (χ2v) is 8.15. The molecule has 1 aliphatic heterocycles. The number of piperazine rings is 1. The first-order chi connectivity index (χ1) is 13.3. The summed E-state index contributed by atoms with van der Waals surface area (Å²) in [7, 11) is 0. The zero-order valence-corrected chi connectivity index (χ0v) is 16.0. The number of imidazole rings is 1. The average Bonchev–Trinajstić information content (AvgIpc) is 3.38. The molecule has 0 amide bonds. The van der Waals surface area contributed by atoms with Crippen LogP contribution in [0.15, 0.2) is 67.1 Å². The summed E-state index contributed by atoms with van der Waals surface area (Å²) < 4.78 is 2.06. The molecule has 4 aromatic rings. The predicted octanol–water partition coefficient (Wildman–Crippen LogP) is 4.14. The lowest BCUT2D eigenvalue weighted by Crippen LogP contribution is -2.42. The molecule has 1 aromatic carbocycles. The van der Waals surface area contributed by atoms with Crippen LogP contribution in [0.4, 0.5) is 0 Å². The minimum Gasteiger partial charge on any atom is -0.314 e. The van der Waals surface area contributed by atoms with Crippen molar-refractivity contribution >= 4 is 17.0 Å². The van der Waals surface area contributed by atoms with Gasteiger partial charge in [-0.2, -0.15) is 0 Å². The van der Waals surface area contributed by atoms with Crippen molar-refractivity contribution in [3.05, 3.63) is 72.0 Å². The van der Waals surface area contributed by atoms with Gasteiger partial charge in [-0.15, -0.1) is 11.3 Å². The Morgan fingerprint density at radius 2 is 1.67 bits per heavy atom. The fourth-order valence-electron chi connectivity index (χ4n) is 3.63. The third-order valence-electron chi connectivity index (χ3n) is 5.14. The van der Waals surface area contributed by atoms with Crippen LogP contribution in [0.5, 0.6) is 0 Å². The third kappa shape index (κ3) is 3.54. The first-order valence-electron chi connectivity index (χ1n) is 9.40. The van der Waals surface area contributed by atoms with Gasteiger partial charge in [0.25, 0.3) is 0 Å². The van der Waals surface area contributed by atoms with Gasteiger partial charge in [-0.3, -0.25) is 4.90 Å². The highest BCUT2D eigenvalue weighted by Gasteiger charge is 2.12. The molecule has 0 atom stereocenters. The monoisotopic (exact) mass is 374 g/mol. The van der Waals surface area contributed by atoms with Crippen molar-refractivity contribution in [1.29, 1.82) is 0 Å². The molecule has 1 saturated heterocycles. The molecule has 27 heavy (non-hydrogen) atoms. The molecule has 0 unspecified atom stereocenters. The fourth-order valence-corrected chi connectivity index (χ4v) is 4.68. The van der Waals surface area contributed by atoms with E-state index in [9.17, 15) is 0 Å². The largest absolute Gasteiger partial charge is 0.314 e. The van der Waals surface area contributed by atoms with Crippen molar-refractivity contribution in [3.63, 3.8) is 0 Å². The molecule has 4 nitrogen and oxygen atoms in total. The van der Waals surface area contributed by atoms with E-state index in [1.54, 1.807) is 0 Å². The van der Waals surface area contributed by atoms with Crippen molar-refractivity contribution in [2.45, 2.75) is 6.54 Å². The van der Waals surface area contributed by atoms with Crippen molar-refractivity contribution < 1.29 is 0 Å². The summed E-state index contributed by atoms with van der Waals surface area (Å²) in [5.74, 6) is 0. The minimum absolute atomic E-state index is 0.978. The van der Waals surface area contributed by atoms with Crippen LogP contribution in [-0.4, -0.2) is 40.5 Å². The summed E-state index contributed by atoms with van der Waals surface area (Å²) >= 11 is 1.91. The number of nitrogens with one attached hydrogen (secondary N) is 1. The Balaban J connectivity index is 1.34. The molecule has 3 aromatic heterocycles. The molecule has 1 fully saturated rings. The van der Waals surface area contributed by atoms with Crippen LogP contribution in [-0.2, 0) is 6.54 Å². The van der Waals surface area contributed by atoms with E-state index in [0.717, 1.165) is 38.4 Å². The lowest BCUT2D eigenvalue weighted by molar-refractivity contribution is 0.235. The number of nitrogens with zero attached hydrogens (tertiary/aromatic N) is 3. The molecule has 4 heterocycles. The van der Waals surface area contributed by atoms with Crippen LogP contribution in [0.25, 0.3) is 27.2 Å². The number of hydrogen-bond donors (Lipinski definition) is 1. The van der Waals surface area contributed by atoms with Gasteiger partial charge in [-0.05, 0) is 41.0 Å². The van der Waals surface area contributed by atoms with E-state index in [1.807, 2.05) is 23.7 Å². The first kappa shape index (κ1) is 16.7. The molecular weight excluding hydrogens is 352 g/mol. The maximum atomic E-state index is 4.31. The van der Waals surface area contributed by atoms with Gasteiger partial charge in [0, 0.05) is 61.1 Å². The fraction of sp³-hybridized carbons (Fsp3) is 0.227. The first-order valence-corrected chi connectivity index (χ1v) is 10.2. The molecule has 0 spiro atoms. The highest BCUT2D eigenvalue weighted by Crippen LogP contribution is 2.31. The van der Waals surface area contributed by atoms with E-state index in [2.05, 4.69) is 74.3 Å². The number of pyridine rings is 1. The molecule has 136 valence electrons. The Kier molecular flexibility index (Phi) is 4.49. The minimum atomic E-state index is 0.978. The van der Waals surface area contributed by atoms with Crippen molar-refractivity contribution in [1.82, 2.24) is 19.6 Å². The lowest BCUT2D eigenvalue weighted by atomic mass is 10.1. The maximum absolute atomic E-state index is 4.31. The van der Waals surface area contributed by atoms with Gasteiger partial charge < -0.3 is 9.72 Å². The Labute approximate surface area is 163 Å². The second-order valence-electron chi connectivity index (χ2n) is 6.98. The number of hydrogen-bond acceptors (Lipinski definition) is 4. The molecule has 5 heteroatoms. The standard InChI is InChI=1S/C22H22N4S/c1-3-18(21-7-6-20(27-21)16-25-12-9-23-10-13-25)4-2-17(1)19-5-8-22-24-11-14-26(22)15-19/h1-8,11,14-15,23H,9-10,12-13,16H2. The van der Waals surface area contributed by atoms with E-state index in [1.165, 1.54) is 26.4 Å². The Morgan fingerprint density at radius 1 is 0.889 bits per heavy atom. The smallest absolute Gasteiger partial charge is 0.136 e. The SMILES string of the molecule is c1cn2cc(-c3ccc(-c4ccc(CN5CCNCC5)s4)cc3)ccc2n1. The summed E-state index contributed by atoms with van der Waals surface area (Å²) in [6.45, 7) is 5.55. The van der Waals surface area contributed by atoms with Crippen LogP contribution in [0.1, 0.15) is 4.88 Å². The number of thiophene rings is 1. The van der Waals surface area contributed by atoms with Gasteiger partial charge >= 0.3 is 0 Å². The molecule has 5 rings (SSSR count). The van der Waals surface area contributed by atoms with Crippen LogP contribution in [0, 0.1) is 0 Å². The van der Waals surface area contributed by atoms with Gasteiger partial charge in [0.05, 0.1) is 0 Å². The van der Waals surface area contributed by atoms with Crippen molar-refractivity contribution in [3.8, 4) is 21.6 Å². The molecule has 0 radical (unpaired) electrons. The van der Waals surface area contributed by atoms with E-state index in [0.29, 0.717) is 0 Å². The average molecular weight is 375 g/mol. The normalized spacial score (nSPS) is 15.4. The number of benzene rings is 1. The van der Waals surface area contributed by atoms with Crippen LogP contribution in [0.3, 0.4) is 0 Å². The zero-order chi connectivity index (χ0) is 18.1. The highest BCUT2D eigenvalue weighted by molar-refractivity contribution is 7.15. The number of fused-ring (bicyclic) bond motifs is 1. The van der Waals surface area contributed by atoms with E-state index in [-0.39, 0.29) is 0 Å². The molecule has 1 N–H and O–H groups in total. The summed E-state index contributed by atoms with van der Waals surface area (Å²) in [6, 6.07) is 17.6. The Bertz CT molecular complexity index is 1040. The van der Waals surface area contributed by atoms with Crippen LogP contribution >= 0.6 is 11.3 Å². The molecule has 0 saturated carbocycles. The van der Waals surface area contributed by atoms with Gasteiger partial charge in [-0.1, -0.05) is 24.3 Å². The van der Waals surface area contributed by atoms with Crippen molar-refractivity contribution in [2.75, 3.05) is 26.2 Å². The Morgan fingerprint density at radius 3 is 2.52 bits per heavy atom. The number of rotatable bonds is 4. The van der Waals surface area contributed by atoms with E-state index >= 15 is 0 Å². The van der Waals surface area contributed by atoms with E-state index < -0.39 is 0 Å². The van der Waals surface area contributed by atoms with Gasteiger partial charge in [0.15, 0.2) is 0 Å². The topological polar surface area (TPSA) is 32.6 Å². The summed E-state index contributed by atoms with van der Waals surface area (Å²) in [4.78, 5) is 9.63. The summed E-state index contributed by atoms with van der Waals surface area (Å²) in [5, 5.41) is 3.42. The number of aromatic nitrogens is 2. The van der Waals surface area contributed by atoms with Gasteiger partial charge in [0.2, 0.25) is 0 Å². The maximum Gasteiger partial charge on any atom is 0.136 e. The second kappa shape index (κ2) is 7.27. The molecule has 1 aliphatic rings. The summed E-state index contributed by atoms with van der Waals surface area (Å²) in [5.41, 5.74) is 4.70. The lowest BCUT2D eigenvalue weighted by Gasteiger charge is -2.26. The van der Waals surface area contributed by atoms with Crippen LogP contribution < -0.4 is 5.32 Å². The quantitative estimate of drug-likeness (QED) is 0.583. The van der Waals surface area contributed by atoms with Gasteiger partial charge in [-0.25, -0.2) is 4.98 Å². The Hall–Kier alpha value is -2.47. The molecule has 0 bridgehead atoms. The zero-order valence-electron chi connectivity index (χ0n) is 15.1. The predicted molar refractivity (Wildman–Crippen MR) is 112 cm³/mol. The highest BCUT2D eigenvalue weighted by atomic mass is 32.1. The van der Waals surface area contributed by atoms with E-state index in [4.69, 9.17) is 0 Å².